The lowest BCUT2D eigenvalue weighted by atomic mass is 10.1. The molecule has 1 aromatic heterocycles. The number of ether oxygens (including phenoxy) is 2. The van der Waals surface area contributed by atoms with E-state index in [0.29, 0.717) is 35.9 Å². The van der Waals surface area contributed by atoms with Crippen LogP contribution < -0.4 is 20.9 Å². The van der Waals surface area contributed by atoms with E-state index in [1.165, 1.54) is 0 Å². The highest BCUT2D eigenvalue weighted by molar-refractivity contribution is 5.68. The van der Waals surface area contributed by atoms with Gasteiger partial charge < -0.3 is 20.1 Å². The zero-order valence-electron chi connectivity index (χ0n) is 18.2. The number of nitrogens with one attached hydrogen (secondary N) is 2. The molecule has 8 heteroatoms. The Balaban J connectivity index is 2.03. The van der Waals surface area contributed by atoms with Gasteiger partial charge in [-0.3, -0.25) is 9.36 Å². The summed E-state index contributed by atoms with van der Waals surface area (Å²) in [6.07, 6.45) is 0.977. The average Bonchev–Trinajstić information content (AvgIpc) is 2.67. The fourth-order valence-corrected chi connectivity index (χ4v) is 3.36. The molecular weight excluding hydrogens is 384 g/mol. The van der Waals surface area contributed by atoms with Crippen LogP contribution in [0.15, 0.2) is 29.1 Å². The number of rotatable bonds is 5. The second-order valence-electron chi connectivity index (χ2n) is 8.26. The molecule has 1 aliphatic rings. The molecule has 1 aliphatic heterocycles. The summed E-state index contributed by atoms with van der Waals surface area (Å²) in [6.45, 7) is 10.4. The fourth-order valence-electron chi connectivity index (χ4n) is 3.36. The van der Waals surface area contributed by atoms with Crippen molar-refractivity contribution in [1.29, 1.82) is 0 Å². The van der Waals surface area contributed by atoms with Crippen LogP contribution in [0.2, 0.25) is 0 Å². The summed E-state index contributed by atoms with van der Waals surface area (Å²) in [4.78, 5) is 30.4. The van der Waals surface area contributed by atoms with Gasteiger partial charge in [0.05, 0.1) is 23.9 Å². The lowest BCUT2D eigenvalue weighted by molar-refractivity contribution is 0.0505. The Morgan fingerprint density at radius 3 is 2.63 bits per heavy atom. The van der Waals surface area contributed by atoms with E-state index in [-0.39, 0.29) is 5.56 Å². The number of hydrogen-bond donors (Lipinski definition) is 2. The number of carbonyl (C=O) groups excluding carboxylic acids is 1. The third-order valence-corrected chi connectivity index (χ3v) is 4.63. The minimum atomic E-state index is -0.622. The molecule has 2 aromatic rings. The van der Waals surface area contributed by atoms with Crippen LogP contribution in [-0.4, -0.2) is 34.4 Å². The molecule has 2 N–H and O–H groups in total. The number of amides is 1. The van der Waals surface area contributed by atoms with Gasteiger partial charge in [-0.1, -0.05) is 0 Å². The zero-order valence-corrected chi connectivity index (χ0v) is 18.2. The number of hydrogen-bond acceptors (Lipinski definition) is 6. The predicted molar refractivity (Wildman–Crippen MR) is 116 cm³/mol. The summed E-state index contributed by atoms with van der Waals surface area (Å²) in [5, 5.41) is 6.00. The molecule has 1 atom stereocenters. The topological polar surface area (TPSA) is 94.5 Å². The molecule has 8 nitrogen and oxygen atoms in total. The first-order valence-electron chi connectivity index (χ1n) is 10.3. The molecule has 30 heavy (non-hydrogen) atoms. The Morgan fingerprint density at radius 2 is 2.00 bits per heavy atom. The van der Waals surface area contributed by atoms with Crippen LogP contribution >= 0.6 is 0 Å². The van der Waals surface area contributed by atoms with E-state index < -0.39 is 17.7 Å². The lowest BCUT2D eigenvalue weighted by Crippen LogP contribution is -2.38. The van der Waals surface area contributed by atoms with Gasteiger partial charge in [0.2, 0.25) is 0 Å². The van der Waals surface area contributed by atoms with E-state index in [1.807, 2.05) is 31.2 Å². The number of anilines is 1. The van der Waals surface area contributed by atoms with E-state index in [0.717, 1.165) is 18.7 Å². The van der Waals surface area contributed by atoms with Crippen LogP contribution in [-0.2, 0) is 11.2 Å². The Bertz CT molecular complexity index is 961. The highest BCUT2D eigenvalue weighted by atomic mass is 16.6. The zero-order chi connectivity index (χ0) is 21.9. The van der Waals surface area contributed by atoms with Gasteiger partial charge in [-0.05, 0) is 71.7 Å². The SMILES string of the molecule is CCOc1ccc(-n2c(C(C)NC(=O)OC(C)(C)C)nc3c(c2=O)CCCN3)cc1. The summed E-state index contributed by atoms with van der Waals surface area (Å²) in [7, 11) is 0. The average molecular weight is 415 g/mol. The summed E-state index contributed by atoms with van der Waals surface area (Å²) in [5.74, 6) is 1.74. The molecule has 3 rings (SSSR count). The lowest BCUT2D eigenvalue weighted by Gasteiger charge is -2.25. The van der Waals surface area contributed by atoms with E-state index >= 15 is 0 Å². The van der Waals surface area contributed by atoms with Crippen LogP contribution in [0.4, 0.5) is 10.6 Å². The minimum absolute atomic E-state index is 0.135. The van der Waals surface area contributed by atoms with Crippen molar-refractivity contribution < 1.29 is 14.3 Å². The van der Waals surface area contributed by atoms with Crippen LogP contribution in [0.1, 0.15) is 58.5 Å². The normalized spacial score (nSPS) is 14.3. The fraction of sp³-hybridized carbons (Fsp3) is 0.500. The Labute approximate surface area is 176 Å². The van der Waals surface area contributed by atoms with Gasteiger partial charge in [0.1, 0.15) is 23.0 Å². The maximum Gasteiger partial charge on any atom is 0.408 e. The van der Waals surface area contributed by atoms with Crippen molar-refractivity contribution in [1.82, 2.24) is 14.9 Å². The summed E-state index contributed by atoms with van der Waals surface area (Å²) < 4.78 is 12.4. The number of nitrogens with zero attached hydrogens (tertiary/aromatic N) is 2. The number of aromatic nitrogens is 2. The molecular formula is C22H30N4O4. The molecule has 0 spiro atoms. The molecule has 0 saturated heterocycles. The van der Waals surface area contributed by atoms with Crippen LogP contribution in [0, 0.1) is 0 Å². The molecule has 0 radical (unpaired) electrons. The van der Waals surface area contributed by atoms with Crippen molar-refractivity contribution in [2.75, 3.05) is 18.5 Å². The van der Waals surface area contributed by atoms with Crippen molar-refractivity contribution >= 4 is 11.9 Å². The van der Waals surface area contributed by atoms with Crippen molar-refractivity contribution in [3.8, 4) is 11.4 Å². The van der Waals surface area contributed by atoms with Crippen LogP contribution in [0.3, 0.4) is 0 Å². The third-order valence-electron chi connectivity index (χ3n) is 4.63. The second-order valence-corrected chi connectivity index (χ2v) is 8.26. The molecule has 0 fully saturated rings. The predicted octanol–water partition coefficient (Wildman–Crippen LogP) is 3.58. The quantitative estimate of drug-likeness (QED) is 0.777. The van der Waals surface area contributed by atoms with E-state index in [2.05, 4.69) is 10.6 Å². The van der Waals surface area contributed by atoms with Crippen LogP contribution in [0.25, 0.3) is 5.69 Å². The maximum absolute atomic E-state index is 13.4. The van der Waals surface area contributed by atoms with Gasteiger partial charge in [-0.2, -0.15) is 0 Å². The maximum atomic E-state index is 13.4. The van der Waals surface area contributed by atoms with Crippen molar-refractivity contribution in [3.05, 3.63) is 46.0 Å². The molecule has 1 aromatic carbocycles. The molecule has 0 saturated carbocycles. The number of fused-ring (bicyclic) bond motifs is 1. The van der Waals surface area contributed by atoms with Gasteiger partial charge in [0.15, 0.2) is 0 Å². The number of alkyl carbamates (subject to hydrolysis) is 1. The first-order valence-corrected chi connectivity index (χ1v) is 10.3. The monoisotopic (exact) mass is 414 g/mol. The summed E-state index contributed by atoms with van der Waals surface area (Å²) in [5.41, 5.74) is 0.563. The van der Waals surface area contributed by atoms with Crippen molar-refractivity contribution in [2.24, 2.45) is 0 Å². The van der Waals surface area contributed by atoms with Gasteiger partial charge in [-0.15, -0.1) is 0 Å². The highest BCUT2D eigenvalue weighted by Crippen LogP contribution is 2.23. The van der Waals surface area contributed by atoms with Crippen molar-refractivity contribution in [3.63, 3.8) is 0 Å². The van der Waals surface area contributed by atoms with E-state index in [4.69, 9.17) is 14.5 Å². The molecule has 1 unspecified atom stereocenters. The standard InChI is InChI=1S/C22H30N4O4/c1-6-29-16-11-9-15(10-12-16)26-19(14(2)24-21(28)30-22(3,4)5)25-18-17(20(26)27)8-7-13-23-18/h9-12,14,23H,6-8,13H2,1-5H3,(H,24,28). The smallest absolute Gasteiger partial charge is 0.408 e. The molecule has 162 valence electrons. The van der Waals surface area contributed by atoms with Crippen molar-refractivity contribution in [2.45, 2.75) is 59.1 Å². The van der Waals surface area contributed by atoms with Crippen LogP contribution in [0.5, 0.6) is 5.75 Å². The summed E-state index contributed by atoms with van der Waals surface area (Å²) >= 11 is 0. The first-order chi connectivity index (χ1) is 14.2. The molecule has 0 aliphatic carbocycles. The molecule has 0 bridgehead atoms. The van der Waals surface area contributed by atoms with Gasteiger partial charge in [0.25, 0.3) is 5.56 Å². The first kappa shape index (κ1) is 21.7. The Kier molecular flexibility index (Phi) is 6.34. The van der Waals surface area contributed by atoms with Gasteiger partial charge in [0, 0.05) is 6.54 Å². The largest absolute Gasteiger partial charge is 0.494 e. The molecule has 1 amide bonds. The minimum Gasteiger partial charge on any atom is -0.494 e. The Hall–Kier alpha value is -3.03. The number of carbonyl (C=O) groups is 1. The number of benzene rings is 1. The second kappa shape index (κ2) is 8.77. The van der Waals surface area contributed by atoms with Gasteiger partial charge >= 0.3 is 6.09 Å². The third kappa shape index (κ3) is 4.93. The summed E-state index contributed by atoms with van der Waals surface area (Å²) in [6, 6.07) is 6.73. The van der Waals surface area contributed by atoms with E-state index in [1.54, 1.807) is 32.3 Å². The van der Waals surface area contributed by atoms with E-state index in [9.17, 15) is 9.59 Å². The van der Waals surface area contributed by atoms with Gasteiger partial charge in [-0.25, -0.2) is 9.78 Å². The highest BCUT2D eigenvalue weighted by Gasteiger charge is 2.25. The Morgan fingerprint density at radius 1 is 1.30 bits per heavy atom. The molecule has 2 heterocycles.